The summed E-state index contributed by atoms with van der Waals surface area (Å²) in [6, 6.07) is 74.0. The van der Waals surface area contributed by atoms with Gasteiger partial charge in [-0.05, 0) is 96.5 Å². The third-order valence-corrected chi connectivity index (χ3v) is 25.2. The zero-order valence-corrected chi connectivity index (χ0v) is 82.6. The number of nitrogens with one attached hydrogen (secondary N) is 1. The number of hydrogen-bond acceptors (Lipinski definition) is 22. The number of methoxy groups -OCH3 is 1. The van der Waals surface area contributed by atoms with Crippen LogP contribution in [0, 0.1) is 5.41 Å². The summed E-state index contributed by atoms with van der Waals surface area (Å²) in [4.78, 5) is 62.9. The average molecular weight is 1910 g/mol. The van der Waals surface area contributed by atoms with Crippen LogP contribution in [0.4, 0.5) is 0 Å². The molecule has 8 aromatic rings. The van der Waals surface area contributed by atoms with Crippen LogP contribution in [0.1, 0.15) is 234 Å². The molecular formula is C114H150N4O21. The van der Waals surface area contributed by atoms with E-state index in [1.165, 1.54) is 91.1 Å². The average Bonchev–Trinajstić information content (AvgIpc) is 0.760. The first-order valence-electron chi connectivity index (χ1n) is 50.6. The van der Waals surface area contributed by atoms with Crippen molar-refractivity contribution in [3.8, 4) is 0 Å². The van der Waals surface area contributed by atoms with Gasteiger partial charge in [0.15, 0.2) is 37.2 Å². The first kappa shape index (κ1) is 110. The summed E-state index contributed by atoms with van der Waals surface area (Å²) in [5.74, 6) is -2.70. The van der Waals surface area contributed by atoms with Gasteiger partial charge in [-0.3, -0.25) is 14.4 Å². The van der Waals surface area contributed by atoms with E-state index in [1.807, 2.05) is 249 Å². The standard InChI is InChI=1S/C114H150N4O21/c1-8-10-12-14-16-18-20-21-22-24-25-27-53-71-94(125-74-86-57-39-30-40-58-86)93(116-108(120)95(137-113(122)114(4,5)6)72-54-28-26-23-19-17-15-13-11-9-2)81-132-111-106(131-80-92-69-51-36-52-70-92)103(130-79-91-67-49-35-50-68-91)104(105(139-111)109(121)123-7)138-110-98(117-118-115)101(128-77-89-63-45-33-46-64-89)99(126-75-87-59-41-31-42-60-87)97(135-110)83-133-112-107(134-84(3)119)102(129-78-90-65-47-34-48-66-90)100(127-76-88-61-43-32-44-62-88)96(136-112)82-124-73-85-55-37-29-38-56-85/h29-53,55-71,93-107,110-112H,8-28,54,72-83H2,1-7H3,(H,116,120)/b71-53+/t93-,94+,95-,96+,97+,98+,99+,100-,101+,102-,103-,104-,105-,106+,107+,110+,111-,112-/m0/s1. The fraction of sp³-hybridized carbons (Fsp3) is 0.526. The summed E-state index contributed by atoms with van der Waals surface area (Å²) in [6.45, 7) is 10.4. The fourth-order valence-electron chi connectivity index (χ4n) is 17.4. The van der Waals surface area contributed by atoms with Crippen LogP contribution in [0.3, 0.4) is 0 Å². The highest BCUT2D eigenvalue weighted by Gasteiger charge is 2.58. The fourth-order valence-corrected chi connectivity index (χ4v) is 17.4. The molecule has 0 aromatic heterocycles. The lowest BCUT2D eigenvalue weighted by molar-refractivity contribution is -0.361. The number of ether oxygens (including phenoxy) is 17. The van der Waals surface area contributed by atoms with Gasteiger partial charge in [-0.1, -0.05) is 396 Å². The monoisotopic (exact) mass is 1910 g/mol. The van der Waals surface area contributed by atoms with Gasteiger partial charge >= 0.3 is 17.9 Å². The van der Waals surface area contributed by atoms with Gasteiger partial charge in [0.25, 0.3) is 5.91 Å². The number of nitrogens with zero attached hydrogens (tertiary/aromatic N) is 3. The molecule has 3 heterocycles. The predicted octanol–water partition coefficient (Wildman–Crippen LogP) is 22.7. The van der Waals surface area contributed by atoms with Crippen molar-refractivity contribution in [1.29, 1.82) is 0 Å². The van der Waals surface area contributed by atoms with Crippen molar-refractivity contribution < 1.29 is 99.7 Å². The number of rotatable bonds is 64. The van der Waals surface area contributed by atoms with Crippen molar-refractivity contribution in [3.63, 3.8) is 0 Å². The summed E-state index contributed by atoms with van der Waals surface area (Å²) in [6.07, 6.45) is 7.33. The predicted molar refractivity (Wildman–Crippen MR) is 532 cm³/mol. The lowest BCUT2D eigenvalue weighted by Gasteiger charge is -2.49. The summed E-state index contributed by atoms with van der Waals surface area (Å²) >= 11 is 0. The van der Waals surface area contributed by atoms with Crippen LogP contribution >= 0.6 is 0 Å². The van der Waals surface area contributed by atoms with Crippen LogP contribution in [-0.2, 0) is 153 Å². The molecule has 11 rings (SSSR count). The van der Waals surface area contributed by atoms with Crippen molar-refractivity contribution in [2.24, 2.45) is 10.5 Å². The highest BCUT2D eigenvalue weighted by Crippen LogP contribution is 2.40. The maximum absolute atomic E-state index is 15.7. The number of azide groups is 1. The number of benzene rings is 8. The van der Waals surface area contributed by atoms with Crippen LogP contribution in [0.15, 0.2) is 260 Å². The molecule has 0 radical (unpaired) electrons. The van der Waals surface area contributed by atoms with Gasteiger partial charge in [-0.2, -0.15) is 0 Å². The molecule has 1 N–H and O–H groups in total. The minimum atomic E-state index is -1.80. The molecule has 3 aliphatic rings. The molecule has 1 amide bonds. The first-order chi connectivity index (χ1) is 68.0. The van der Waals surface area contributed by atoms with Crippen molar-refractivity contribution >= 4 is 23.8 Å². The lowest BCUT2D eigenvalue weighted by atomic mass is 9.94. The molecule has 0 spiro atoms. The normalized spacial score (nSPS) is 22.2. The minimum absolute atomic E-state index is 0.0271. The zero-order valence-electron chi connectivity index (χ0n) is 82.6. The van der Waals surface area contributed by atoms with Gasteiger partial charge in [-0.15, -0.1) is 0 Å². The quantitative estimate of drug-likeness (QED) is 0.00705. The van der Waals surface area contributed by atoms with Crippen molar-refractivity contribution in [3.05, 3.63) is 310 Å². The highest BCUT2D eigenvalue weighted by molar-refractivity contribution is 5.85. The van der Waals surface area contributed by atoms with E-state index < -0.39 is 146 Å². The van der Waals surface area contributed by atoms with Crippen LogP contribution in [0.25, 0.3) is 10.4 Å². The Bertz CT molecular complexity index is 4760. The second-order valence-corrected chi connectivity index (χ2v) is 37.4. The van der Waals surface area contributed by atoms with E-state index in [4.69, 9.17) is 80.5 Å². The number of amides is 1. The molecule has 25 heteroatoms. The second-order valence-electron chi connectivity index (χ2n) is 37.4. The molecular weight excluding hydrogens is 1760 g/mol. The number of carbonyl (C=O) groups excluding carboxylic acids is 4. The number of allylic oxidation sites excluding steroid dienone is 1. The minimum Gasteiger partial charge on any atom is -0.467 e. The Morgan fingerprint density at radius 2 is 0.791 bits per heavy atom. The van der Waals surface area contributed by atoms with Crippen LogP contribution in [-0.4, -0.2) is 161 Å². The van der Waals surface area contributed by atoms with E-state index >= 15 is 9.59 Å². The Morgan fingerprint density at radius 3 is 1.22 bits per heavy atom. The van der Waals surface area contributed by atoms with E-state index in [0.717, 1.165) is 95.9 Å². The zero-order chi connectivity index (χ0) is 97.7. The van der Waals surface area contributed by atoms with Crippen LogP contribution in [0.2, 0.25) is 0 Å². The van der Waals surface area contributed by atoms with Crippen LogP contribution in [0.5, 0.6) is 0 Å². The molecule has 3 aliphatic heterocycles. The van der Waals surface area contributed by atoms with Crippen molar-refractivity contribution in [1.82, 2.24) is 5.32 Å². The summed E-state index contributed by atoms with van der Waals surface area (Å²) in [5.41, 5.74) is 16.6. The highest BCUT2D eigenvalue weighted by atomic mass is 16.8. The van der Waals surface area contributed by atoms with Gasteiger partial charge < -0.3 is 85.8 Å². The van der Waals surface area contributed by atoms with E-state index in [-0.39, 0.29) is 72.5 Å². The third kappa shape index (κ3) is 38.2. The first-order valence-corrected chi connectivity index (χ1v) is 50.6. The molecule has 752 valence electrons. The van der Waals surface area contributed by atoms with E-state index in [0.29, 0.717) is 12.8 Å². The van der Waals surface area contributed by atoms with Crippen molar-refractivity contribution in [2.45, 2.75) is 352 Å². The van der Waals surface area contributed by atoms with Gasteiger partial charge in [0.2, 0.25) is 0 Å². The van der Waals surface area contributed by atoms with Crippen LogP contribution < -0.4 is 5.32 Å². The molecule has 139 heavy (non-hydrogen) atoms. The Labute approximate surface area is 823 Å². The Hall–Kier alpha value is -9.87. The van der Waals surface area contributed by atoms with Gasteiger partial charge in [0.1, 0.15) is 61.0 Å². The maximum Gasteiger partial charge on any atom is 0.337 e. The van der Waals surface area contributed by atoms with E-state index in [9.17, 15) is 15.1 Å². The molecule has 3 saturated heterocycles. The third-order valence-electron chi connectivity index (χ3n) is 25.2. The molecule has 0 unspecified atom stereocenters. The SMILES string of the molecule is CCCCCCCCCCCCC/C=C/[C@@H](OCc1ccccc1)[C@H](CO[C@H]1O[C@H](C(=O)OC)[C@@H](O[C@H]2O[C@H](CO[C@H]3O[C@H](COCc4ccccc4)[C@H](OCc4ccccc4)[C@H](OCc4ccccc4)[C@H]3OC(C)=O)[C@@H](OCc3ccccc3)[C@H](OCc3ccccc3)[C@H]2N=[N+]=[N-])[C@H](OCc2ccccc2)[C@H]1OCc1ccccc1)NC(=O)[C@H](CCCCCCCCCCCC)OC(=O)C(C)(C)C. The number of unbranched alkanes of at least 4 members (excludes halogenated alkanes) is 20. The second kappa shape index (κ2) is 62.4. The Morgan fingerprint density at radius 1 is 0.417 bits per heavy atom. The summed E-state index contributed by atoms with van der Waals surface area (Å²) in [5, 5.41) is 7.85. The number of hydrogen-bond donors (Lipinski definition) is 1. The molecule has 0 saturated carbocycles. The van der Waals surface area contributed by atoms with Crippen molar-refractivity contribution in [2.75, 3.05) is 26.9 Å². The van der Waals surface area contributed by atoms with Gasteiger partial charge in [-0.25, -0.2) is 4.79 Å². The summed E-state index contributed by atoms with van der Waals surface area (Å²) in [7, 11) is 1.22. The molecule has 3 fully saturated rings. The Kier molecular flexibility index (Phi) is 49.2. The number of carbonyl (C=O) groups is 4. The van der Waals surface area contributed by atoms with Gasteiger partial charge in [0.05, 0.1) is 97.3 Å². The lowest BCUT2D eigenvalue weighted by Crippen LogP contribution is -2.67. The molecule has 0 bridgehead atoms. The molecule has 25 nitrogen and oxygen atoms in total. The molecule has 8 aromatic carbocycles. The Balaban J connectivity index is 0.991. The largest absolute Gasteiger partial charge is 0.467 e. The maximum atomic E-state index is 15.7. The molecule has 18 atom stereocenters. The topological polar surface area (TPSA) is 286 Å². The molecule has 0 aliphatic carbocycles. The van der Waals surface area contributed by atoms with E-state index in [1.54, 1.807) is 20.8 Å². The summed E-state index contributed by atoms with van der Waals surface area (Å²) < 4.78 is 119. The van der Waals surface area contributed by atoms with Gasteiger partial charge in [0, 0.05) is 11.8 Å². The number of esters is 3. The smallest absolute Gasteiger partial charge is 0.337 e. The van der Waals surface area contributed by atoms with E-state index in [2.05, 4.69) is 35.3 Å².